The SMILES string of the molecule is N[C@H](CO)C(=O)O.[Zn]. The van der Waals surface area contributed by atoms with Crippen LogP contribution in [0.1, 0.15) is 0 Å². The molecule has 0 aliphatic heterocycles. The van der Waals surface area contributed by atoms with Gasteiger partial charge in [-0.15, -0.1) is 0 Å². The van der Waals surface area contributed by atoms with Crippen LogP contribution in [-0.2, 0) is 24.3 Å². The first-order chi connectivity index (χ1) is 3.18. The zero-order valence-corrected chi connectivity index (χ0v) is 7.34. The summed E-state index contributed by atoms with van der Waals surface area (Å²) in [4.78, 5) is 9.65. The van der Waals surface area contributed by atoms with Crippen LogP contribution < -0.4 is 5.73 Å². The van der Waals surface area contributed by atoms with Gasteiger partial charge in [-0.25, -0.2) is 0 Å². The molecule has 1 atom stereocenters. The van der Waals surface area contributed by atoms with E-state index in [1.54, 1.807) is 0 Å². The fourth-order valence-electron chi connectivity index (χ4n) is 0.0781. The summed E-state index contributed by atoms with van der Waals surface area (Å²) in [7, 11) is 0. The van der Waals surface area contributed by atoms with Crippen LogP contribution in [0.5, 0.6) is 0 Å². The van der Waals surface area contributed by atoms with Crippen molar-refractivity contribution in [3.05, 3.63) is 0 Å². The topological polar surface area (TPSA) is 83.5 Å². The molecule has 0 heterocycles. The van der Waals surface area contributed by atoms with E-state index in [2.05, 4.69) is 0 Å². The van der Waals surface area contributed by atoms with E-state index < -0.39 is 18.6 Å². The summed E-state index contributed by atoms with van der Waals surface area (Å²) in [5, 5.41) is 15.9. The fraction of sp³-hybridized carbons (Fsp3) is 0.667. The minimum atomic E-state index is -1.18. The maximum Gasteiger partial charge on any atom is 0.322 e. The Bertz CT molecular complexity index is 76.9. The van der Waals surface area contributed by atoms with E-state index in [9.17, 15) is 4.79 Å². The van der Waals surface area contributed by atoms with Crippen LogP contribution in [0.15, 0.2) is 0 Å². The third kappa shape index (κ3) is 4.18. The molecule has 0 aromatic heterocycles. The molecule has 4 N–H and O–H groups in total. The molecule has 0 saturated carbocycles. The Morgan fingerprint density at radius 2 is 2.12 bits per heavy atom. The first kappa shape index (κ1) is 10.9. The van der Waals surface area contributed by atoms with Crippen LogP contribution in [0.4, 0.5) is 0 Å². The average Bonchev–Trinajstić information content (AvgIpc) is 1.65. The Kier molecular flexibility index (Phi) is 7.03. The first-order valence-corrected chi connectivity index (χ1v) is 1.77. The summed E-state index contributed by atoms with van der Waals surface area (Å²) >= 11 is 0. The van der Waals surface area contributed by atoms with Crippen molar-refractivity contribution < 1.29 is 34.5 Å². The number of aliphatic hydroxyl groups is 1. The van der Waals surface area contributed by atoms with Crippen LogP contribution in [0.3, 0.4) is 0 Å². The zero-order valence-electron chi connectivity index (χ0n) is 4.37. The second kappa shape index (κ2) is 5.16. The molecule has 5 heteroatoms. The average molecular weight is 170 g/mol. The first-order valence-electron chi connectivity index (χ1n) is 1.77. The minimum Gasteiger partial charge on any atom is -0.480 e. The number of hydrogen-bond acceptors (Lipinski definition) is 3. The molecule has 0 aliphatic rings. The molecule has 0 bridgehead atoms. The van der Waals surface area contributed by atoms with Gasteiger partial charge in [0.25, 0.3) is 0 Å². The smallest absolute Gasteiger partial charge is 0.322 e. The van der Waals surface area contributed by atoms with Gasteiger partial charge in [0.1, 0.15) is 6.04 Å². The third-order valence-electron chi connectivity index (χ3n) is 0.514. The van der Waals surface area contributed by atoms with Crippen molar-refractivity contribution in [2.45, 2.75) is 6.04 Å². The van der Waals surface area contributed by atoms with Crippen LogP contribution >= 0.6 is 0 Å². The van der Waals surface area contributed by atoms with Crippen molar-refractivity contribution in [1.82, 2.24) is 0 Å². The number of carboxylic acid groups (broad SMARTS) is 1. The molecule has 44 valence electrons. The van der Waals surface area contributed by atoms with Crippen molar-refractivity contribution in [3.8, 4) is 0 Å². The van der Waals surface area contributed by atoms with Crippen molar-refractivity contribution in [2.75, 3.05) is 6.61 Å². The van der Waals surface area contributed by atoms with E-state index >= 15 is 0 Å². The Hall–Kier alpha value is 0.0134. The van der Waals surface area contributed by atoms with Crippen molar-refractivity contribution >= 4 is 5.97 Å². The summed E-state index contributed by atoms with van der Waals surface area (Å²) in [6.07, 6.45) is 0. The Morgan fingerprint density at radius 3 is 2.12 bits per heavy atom. The number of aliphatic carboxylic acids is 1. The van der Waals surface area contributed by atoms with Gasteiger partial charge < -0.3 is 15.9 Å². The largest absolute Gasteiger partial charge is 0.480 e. The van der Waals surface area contributed by atoms with Crippen molar-refractivity contribution in [3.63, 3.8) is 0 Å². The van der Waals surface area contributed by atoms with Gasteiger partial charge in [-0.2, -0.15) is 0 Å². The van der Waals surface area contributed by atoms with E-state index in [1.165, 1.54) is 0 Å². The number of carbonyl (C=O) groups is 1. The predicted octanol–water partition coefficient (Wildman–Crippen LogP) is -1.61. The molecular formula is C3H7NO3Zn. The van der Waals surface area contributed by atoms with Gasteiger partial charge in [0.2, 0.25) is 0 Å². The molecular weight excluding hydrogens is 163 g/mol. The second-order valence-corrected chi connectivity index (χ2v) is 1.13. The van der Waals surface area contributed by atoms with Crippen molar-refractivity contribution in [1.29, 1.82) is 0 Å². The monoisotopic (exact) mass is 169 g/mol. The van der Waals surface area contributed by atoms with Gasteiger partial charge in [0.15, 0.2) is 0 Å². The fourth-order valence-corrected chi connectivity index (χ4v) is 0.0781. The zero-order chi connectivity index (χ0) is 5.86. The third-order valence-corrected chi connectivity index (χ3v) is 0.514. The molecule has 0 aromatic carbocycles. The van der Waals surface area contributed by atoms with Gasteiger partial charge in [-0.05, 0) is 0 Å². The van der Waals surface area contributed by atoms with Crippen LogP contribution in [0, 0.1) is 0 Å². The molecule has 0 aliphatic carbocycles. The van der Waals surface area contributed by atoms with E-state index in [0.29, 0.717) is 0 Å². The van der Waals surface area contributed by atoms with Gasteiger partial charge in [0, 0.05) is 19.5 Å². The predicted molar refractivity (Wildman–Crippen MR) is 22.7 cm³/mol. The summed E-state index contributed by atoms with van der Waals surface area (Å²) in [5.74, 6) is -1.18. The number of hydrogen-bond donors (Lipinski definition) is 3. The maximum absolute atomic E-state index is 9.65. The van der Waals surface area contributed by atoms with Crippen LogP contribution in [0.25, 0.3) is 0 Å². The minimum absolute atomic E-state index is 0. The maximum atomic E-state index is 9.65. The molecule has 0 unspecified atom stereocenters. The summed E-state index contributed by atoms with van der Waals surface area (Å²) in [5.41, 5.74) is 4.77. The second-order valence-electron chi connectivity index (χ2n) is 1.13. The molecule has 0 aromatic rings. The standard InChI is InChI=1S/C3H7NO3.Zn/c4-2(1-5)3(6)7;/h2,5H,1,4H2,(H,6,7);/t2-;/m1./s1. The van der Waals surface area contributed by atoms with E-state index in [-0.39, 0.29) is 19.5 Å². The number of carboxylic acids is 1. The Labute approximate surface area is 59.4 Å². The molecule has 0 rings (SSSR count). The van der Waals surface area contributed by atoms with Crippen LogP contribution in [0.2, 0.25) is 0 Å². The van der Waals surface area contributed by atoms with E-state index in [1.807, 2.05) is 0 Å². The molecule has 0 spiro atoms. The molecule has 8 heavy (non-hydrogen) atoms. The molecule has 0 fully saturated rings. The number of nitrogens with two attached hydrogens (primary N) is 1. The van der Waals surface area contributed by atoms with Crippen molar-refractivity contribution in [2.24, 2.45) is 5.73 Å². The quantitative estimate of drug-likeness (QED) is 0.436. The summed E-state index contributed by atoms with van der Waals surface area (Å²) in [6, 6.07) is -1.13. The summed E-state index contributed by atoms with van der Waals surface area (Å²) < 4.78 is 0. The number of rotatable bonds is 2. The van der Waals surface area contributed by atoms with Gasteiger partial charge in [-0.3, -0.25) is 4.79 Å². The van der Waals surface area contributed by atoms with Crippen LogP contribution in [-0.4, -0.2) is 28.8 Å². The van der Waals surface area contributed by atoms with Gasteiger partial charge in [-0.1, -0.05) is 0 Å². The van der Waals surface area contributed by atoms with Gasteiger partial charge in [0.05, 0.1) is 6.61 Å². The Balaban J connectivity index is 0. The number of aliphatic hydroxyl groups excluding tert-OH is 1. The molecule has 0 amide bonds. The normalized spacial score (nSPS) is 11.8. The van der Waals surface area contributed by atoms with E-state index in [4.69, 9.17) is 15.9 Å². The molecule has 0 saturated heterocycles. The summed E-state index contributed by atoms with van der Waals surface area (Å²) in [6.45, 7) is -0.505. The molecule has 0 radical (unpaired) electrons. The van der Waals surface area contributed by atoms with Gasteiger partial charge >= 0.3 is 5.97 Å². The molecule has 4 nitrogen and oxygen atoms in total. The Morgan fingerprint density at radius 1 is 1.75 bits per heavy atom. The van der Waals surface area contributed by atoms with E-state index in [0.717, 1.165) is 0 Å².